The van der Waals surface area contributed by atoms with Gasteiger partial charge in [0.25, 0.3) is 0 Å². The van der Waals surface area contributed by atoms with Crippen LogP contribution in [-0.2, 0) is 19.2 Å². The first kappa shape index (κ1) is 21.8. The molecule has 0 bridgehead atoms. The van der Waals surface area contributed by atoms with Crippen molar-refractivity contribution in [3.8, 4) is 5.75 Å². The molecular formula is C27H29NO5. The molecule has 6 atom stereocenters. The number of aromatic hydroxyl groups is 1. The second-order valence-corrected chi connectivity index (χ2v) is 10.5. The summed E-state index contributed by atoms with van der Waals surface area (Å²) >= 11 is 0. The minimum atomic E-state index is -0.995. The molecular weight excluding hydrogens is 418 g/mol. The zero-order valence-corrected chi connectivity index (χ0v) is 19.6. The molecule has 172 valence electrons. The standard InChI is InChI=1S/C27H29NO5/c1-11-8-15(9-12(2)22(11)29)21-16-6-7-17-20(26(33)28-25(17)32)18(16)10-19-23(30)13(3)14(4)24(31)27(19,21)5/h6,8-9,17-21,29H,7,10H2,1-5H3,(H,28,32,33)/t17-,18+,19-,20-,21-,27+/m0/s1. The maximum absolute atomic E-state index is 13.9. The highest BCUT2D eigenvalue weighted by atomic mass is 16.3. The van der Waals surface area contributed by atoms with Gasteiger partial charge in [-0.3, -0.25) is 24.5 Å². The maximum Gasteiger partial charge on any atom is 0.231 e. The molecule has 3 aliphatic carbocycles. The van der Waals surface area contributed by atoms with Crippen LogP contribution in [0.1, 0.15) is 56.2 Å². The number of ketones is 2. The van der Waals surface area contributed by atoms with E-state index in [0.717, 1.165) is 11.1 Å². The lowest BCUT2D eigenvalue weighted by atomic mass is 9.46. The number of rotatable bonds is 1. The molecule has 6 heteroatoms. The van der Waals surface area contributed by atoms with Crippen LogP contribution in [0.15, 0.2) is 34.9 Å². The van der Waals surface area contributed by atoms with E-state index >= 15 is 0 Å². The van der Waals surface area contributed by atoms with Crippen LogP contribution >= 0.6 is 0 Å². The number of aryl methyl sites for hydroxylation is 2. The van der Waals surface area contributed by atoms with E-state index in [9.17, 15) is 24.3 Å². The molecule has 0 spiro atoms. The van der Waals surface area contributed by atoms with Gasteiger partial charge in [0.15, 0.2) is 11.6 Å². The minimum absolute atomic E-state index is 0.0357. The van der Waals surface area contributed by atoms with E-state index in [1.807, 2.05) is 39.0 Å². The maximum atomic E-state index is 13.9. The third-order valence-electron chi connectivity index (χ3n) is 8.86. The third kappa shape index (κ3) is 2.73. The third-order valence-corrected chi connectivity index (χ3v) is 8.86. The number of amides is 2. The van der Waals surface area contributed by atoms with E-state index in [2.05, 4.69) is 5.32 Å². The number of allylic oxidation sites excluding steroid dienone is 4. The summed E-state index contributed by atoms with van der Waals surface area (Å²) in [6.07, 6.45) is 2.86. The summed E-state index contributed by atoms with van der Waals surface area (Å²) in [5.74, 6) is -2.60. The van der Waals surface area contributed by atoms with E-state index in [4.69, 9.17) is 0 Å². The molecule has 1 saturated heterocycles. The summed E-state index contributed by atoms with van der Waals surface area (Å²) in [6.45, 7) is 8.97. The number of carbonyl (C=O) groups excluding carboxylic acids is 4. The topological polar surface area (TPSA) is 101 Å². The van der Waals surface area contributed by atoms with E-state index in [1.54, 1.807) is 13.8 Å². The molecule has 4 aliphatic rings. The molecule has 2 amide bonds. The van der Waals surface area contributed by atoms with Gasteiger partial charge < -0.3 is 5.11 Å². The van der Waals surface area contributed by atoms with Gasteiger partial charge in [0.2, 0.25) is 11.8 Å². The number of carbonyl (C=O) groups is 4. The van der Waals surface area contributed by atoms with E-state index < -0.39 is 29.1 Å². The van der Waals surface area contributed by atoms with Gasteiger partial charge in [-0.1, -0.05) is 30.7 Å². The average molecular weight is 448 g/mol. The fourth-order valence-corrected chi connectivity index (χ4v) is 7.03. The van der Waals surface area contributed by atoms with E-state index in [-0.39, 0.29) is 35.0 Å². The van der Waals surface area contributed by atoms with Crippen LogP contribution in [0, 0.1) is 42.9 Å². The Balaban J connectivity index is 1.77. The van der Waals surface area contributed by atoms with Crippen molar-refractivity contribution in [1.29, 1.82) is 0 Å². The van der Waals surface area contributed by atoms with Crippen molar-refractivity contribution in [2.24, 2.45) is 29.1 Å². The van der Waals surface area contributed by atoms with Gasteiger partial charge in [0, 0.05) is 11.8 Å². The van der Waals surface area contributed by atoms with Crippen molar-refractivity contribution < 1.29 is 24.3 Å². The van der Waals surface area contributed by atoms with E-state index in [1.165, 1.54) is 0 Å². The lowest BCUT2D eigenvalue weighted by molar-refractivity contribution is -0.142. The Kier molecular flexibility index (Phi) is 4.62. The number of Topliss-reactive ketones (excluding diaryl/α,β-unsaturated/α-hetero) is 2. The molecule has 2 fully saturated rings. The van der Waals surface area contributed by atoms with Gasteiger partial charge in [-0.25, -0.2) is 0 Å². The molecule has 0 radical (unpaired) electrons. The Morgan fingerprint density at radius 1 is 0.939 bits per heavy atom. The molecule has 1 aromatic rings. The predicted molar refractivity (Wildman–Crippen MR) is 121 cm³/mol. The van der Waals surface area contributed by atoms with Gasteiger partial charge in [-0.15, -0.1) is 0 Å². The summed E-state index contributed by atoms with van der Waals surface area (Å²) in [5.41, 5.74) is 3.23. The lowest BCUT2D eigenvalue weighted by Gasteiger charge is -2.54. The molecule has 1 aliphatic heterocycles. The summed E-state index contributed by atoms with van der Waals surface area (Å²) in [7, 11) is 0. The molecule has 1 aromatic carbocycles. The van der Waals surface area contributed by atoms with Gasteiger partial charge in [-0.2, -0.15) is 0 Å². The number of hydrogen-bond donors (Lipinski definition) is 2. The SMILES string of the molecule is CC1=C(C)C(=O)[C@@]2(C)[C@@H](c3cc(C)c(O)c(C)c3)C3=CC[C@@H]4C(=O)NC(=O)[C@@H]4[C@@H]3C[C@H]2C1=O. The van der Waals surface area contributed by atoms with Crippen LogP contribution in [0.25, 0.3) is 0 Å². The normalized spacial score (nSPS) is 35.7. The number of nitrogens with one attached hydrogen (secondary N) is 1. The molecule has 33 heavy (non-hydrogen) atoms. The van der Waals surface area contributed by atoms with Crippen molar-refractivity contribution in [2.45, 2.75) is 53.4 Å². The van der Waals surface area contributed by atoms with E-state index in [0.29, 0.717) is 35.1 Å². The van der Waals surface area contributed by atoms with Crippen LogP contribution in [0.2, 0.25) is 0 Å². The Hall–Kier alpha value is -3.02. The van der Waals surface area contributed by atoms with Gasteiger partial charge in [0.05, 0.1) is 17.3 Å². The number of fused-ring (bicyclic) bond motifs is 4. The van der Waals surface area contributed by atoms with Gasteiger partial charge in [-0.05, 0) is 74.3 Å². The Morgan fingerprint density at radius 2 is 1.58 bits per heavy atom. The first-order valence-corrected chi connectivity index (χ1v) is 11.6. The summed E-state index contributed by atoms with van der Waals surface area (Å²) in [4.78, 5) is 52.6. The molecule has 1 saturated carbocycles. The lowest BCUT2D eigenvalue weighted by Crippen LogP contribution is -2.55. The quantitative estimate of drug-likeness (QED) is 0.507. The monoisotopic (exact) mass is 447 g/mol. The fraction of sp³-hybridized carbons (Fsp3) is 0.481. The number of benzene rings is 1. The predicted octanol–water partition coefficient (Wildman–Crippen LogP) is 3.44. The van der Waals surface area contributed by atoms with Gasteiger partial charge in [0.1, 0.15) is 5.75 Å². The zero-order chi connectivity index (χ0) is 24.0. The van der Waals surface area contributed by atoms with Gasteiger partial charge >= 0.3 is 0 Å². The van der Waals surface area contributed by atoms with Crippen LogP contribution in [-0.4, -0.2) is 28.5 Å². The highest BCUT2D eigenvalue weighted by molar-refractivity contribution is 6.16. The van der Waals surface area contributed by atoms with Crippen LogP contribution < -0.4 is 5.32 Å². The Labute approximate surface area is 193 Å². The summed E-state index contributed by atoms with van der Waals surface area (Å²) in [6, 6.07) is 3.78. The minimum Gasteiger partial charge on any atom is -0.507 e. The van der Waals surface area contributed by atoms with Crippen molar-refractivity contribution in [3.63, 3.8) is 0 Å². The number of phenols is 1. The number of phenolic OH excluding ortho intramolecular Hbond substituents is 1. The fourth-order valence-electron chi connectivity index (χ4n) is 7.03. The van der Waals surface area contributed by atoms with Crippen molar-refractivity contribution in [2.75, 3.05) is 0 Å². The smallest absolute Gasteiger partial charge is 0.231 e. The van der Waals surface area contributed by atoms with Crippen LogP contribution in [0.5, 0.6) is 5.75 Å². The second-order valence-electron chi connectivity index (χ2n) is 10.5. The molecule has 1 heterocycles. The molecule has 5 rings (SSSR count). The molecule has 2 N–H and O–H groups in total. The first-order valence-electron chi connectivity index (χ1n) is 11.6. The van der Waals surface area contributed by atoms with Crippen LogP contribution in [0.4, 0.5) is 0 Å². The molecule has 6 nitrogen and oxygen atoms in total. The largest absolute Gasteiger partial charge is 0.507 e. The summed E-state index contributed by atoms with van der Waals surface area (Å²) < 4.78 is 0. The molecule has 0 unspecified atom stereocenters. The zero-order valence-electron chi connectivity index (χ0n) is 19.6. The molecule has 0 aromatic heterocycles. The Bertz CT molecular complexity index is 1200. The summed E-state index contributed by atoms with van der Waals surface area (Å²) in [5, 5.41) is 12.9. The van der Waals surface area contributed by atoms with Crippen LogP contribution in [0.3, 0.4) is 0 Å². The highest BCUT2D eigenvalue weighted by Gasteiger charge is 2.63. The highest BCUT2D eigenvalue weighted by Crippen LogP contribution is 2.62. The number of hydrogen-bond acceptors (Lipinski definition) is 5. The second kappa shape index (κ2) is 6.99. The van der Waals surface area contributed by atoms with Crippen molar-refractivity contribution in [3.05, 3.63) is 51.6 Å². The first-order chi connectivity index (χ1) is 15.5. The average Bonchev–Trinajstić information content (AvgIpc) is 3.07. The van der Waals surface area contributed by atoms with Crippen molar-refractivity contribution >= 4 is 23.4 Å². The number of imide groups is 1. The Morgan fingerprint density at radius 3 is 2.21 bits per heavy atom. The van der Waals surface area contributed by atoms with Crippen molar-refractivity contribution in [1.82, 2.24) is 5.32 Å².